The van der Waals surface area contributed by atoms with Crippen LogP contribution in [0.15, 0.2) is 48.5 Å². The Hall–Kier alpha value is -3.35. The highest BCUT2D eigenvalue weighted by Crippen LogP contribution is 2.35. The van der Waals surface area contributed by atoms with E-state index in [0.29, 0.717) is 13.0 Å². The highest BCUT2D eigenvalue weighted by molar-refractivity contribution is 5.93. The third-order valence-corrected chi connectivity index (χ3v) is 7.29. The summed E-state index contributed by atoms with van der Waals surface area (Å²) in [6.45, 7) is 12.0. The van der Waals surface area contributed by atoms with Crippen LogP contribution in [-0.4, -0.2) is 47.0 Å². The zero-order valence-electron chi connectivity index (χ0n) is 24.4. The van der Waals surface area contributed by atoms with Crippen molar-refractivity contribution in [1.29, 1.82) is 0 Å². The largest absolute Gasteiger partial charge is 0.444 e. The number of rotatable bonds is 11. The van der Waals surface area contributed by atoms with Crippen molar-refractivity contribution in [1.82, 2.24) is 15.5 Å². The third-order valence-electron chi connectivity index (χ3n) is 7.29. The van der Waals surface area contributed by atoms with Gasteiger partial charge in [0.1, 0.15) is 17.7 Å². The van der Waals surface area contributed by atoms with Crippen LogP contribution in [0.5, 0.6) is 0 Å². The Kier molecular flexibility index (Phi) is 10.6. The van der Waals surface area contributed by atoms with E-state index in [0.717, 1.165) is 54.4 Å². The van der Waals surface area contributed by atoms with Crippen LogP contribution in [0.4, 0.5) is 4.79 Å². The normalized spacial score (nSPS) is 15.0. The monoisotopic (exact) mass is 535 g/mol. The molecule has 0 spiro atoms. The molecular formula is C32H45N3O4. The number of unbranched alkanes of at least 4 members (excludes halogenated alkanes) is 1. The van der Waals surface area contributed by atoms with Gasteiger partial charge < -0.3 is 20.3 Å². The minimum absolute atomic E-state index is 0.0851. The van der Waals surface area contributed by atoms with Gasteiger partial charge in [-0.05, 0) is 82.6 Å². The van der Waals surface area contributed by atoms with Crippen molar-refractivity contribution in [3.05, 3.63) is 70.8 Å². The fourth-order valence-corrected chi connectivity index (χ4v) is 4.83. The molecule has 0 aromatic heterocycles. The van der Waals surface area contributed by atoms with E-state index in [-0.39, 0.29) is 17.9 Å². The van der Waals surface area contributed by atoms with Gasteiger partial charge in [0, 0.05) is 19.0 Å². The molecule has 1 aliphatic rings. The van der Waals surface area contributed by atoms with E-state index in [2.05, 4.69) is 17.6 Å². The molecule has 2 atom stereocenters. The van der Waals surface area contributed by atoms with E-state index in [4.69, 9.17) is 4.74 Å². The van der Waals surface area contributed by atoms with Gasteiger partial charge in [0.25, 0.3) is 0 Å². The van der Waals surface area contributed by atoms with Crippen LogP contribution in [0.3, 0.4) is 0 Å². The quantitative estimate of drug-likeness (QED) is 0.357. The average molecular weight is 536 g/mol. The van der Waals surface area contributed by atoms with E-state index >= 15 is 0 Å². The van der Waals surface area contributed by atoms with Gasteiger partial charge in [0.05, 0.1) is 0 Å². The van der Waals surface area contributed by atoms with Crippen molar-refractivity contribution in [2.75, 3.05) is 6.54 Å². The van der Waals surface area contributed by atoms with Crippen LogP contribution < -0.4 is 10.6 Å². The summed E-state index contributed by atoms with van der Waals surface area (Å²) in [6.07, 6.45) is 4.09. The summed E-state index contributed by atoms with van der Waals surface area (Å²) in [5.74, 6) is -0.459. The molecule has 7 heteroatoms. The first-order valence-electron chi connectivity index (χ1n) is 14.2. The number of alkyl carbamates (subject to hydrolysis) is 1. The number of nitrogens with zero attached hydrogens (tertiary/aromatic N) is 1. The van der Waals surface area contributed by atoms with Crippen molar-refractivity contribution in [2.45, 2.75) is 104 Å². The molecule has 1 saturated carbocycles. The summed E-state index contributed by atoms with van der Waals surface area (Å²) < 4.78 is 5.53. The summed E-state index contributed by atoms with van der Waals surface area (Å²) in [5.41, 5.74) is 3.08. The first-order chi connectivity index (χ1) is 18.5. The second kappa shape index (κ2) is 13.6. The van der Waals surface area contributed by atoms with Crippen LogP contribution in [0.1, 0.15) is 88.1 Å². The zero-order valence-corrected chi connectivity index (χ0v) is 24.4. The Morgan fingerprint density at radius 2 is 1.72 bits per heavy atom. The van der Waals surface area contributed by atoms with Crippen LogP contribution in [0.2, 0.25) is 0 Å². The lowest BCUT2D eigenvalue weighted by Crippen LogP contribution is -2.58. The smallest absolute Gasteiger partial charge is 0.408 e. The van der Waals surface area contributed by atoms with Crippen LogP contribution in [0, 0.1) is 13.8 Å². The highest BCUT2D eigenvalue weighted by atomic mass is 16.6. The summed E-state index contributed by atoms with van der Waals surface area (Å²) in [4.78, 5) is 43.0. The maximum absolute atomic E-state index is 14.5. The molecule has 0 bridgehead atoms. The lowest BCUT2D eigenvalue weighted by atomic mass is 9.86. The van der Waals surface area contributed by atoms with Crippen LogP contribution in [-0.2, 0) is 20.7 Å². The van der Waals surface area contributed by atoms with Gasteiger partial charge in [0.2, 0.25) is 11.8 Å². The highest BCUT2D eigenvalue weighted by Gasteiger charge is 2.42. The Morgan fingerprint density at radius 3 is 2.31 bits per heavy atom. The van der Waals surface area contributed by atoms with Crippen LogP contribution >= 0.6 is 0 Å². The fourth-order valence-electron chi connectivity index (χ4n) is 4.83. The number of carbonyl (C=O) groups is 3. The molecule has 3 amide bonds. The molecule has 1 fully saturated rings. The van der Waals surface area contributed by atoms with E-state index in [9.17, 15) is 14.4 Å². The molecule has 7 nitrogen and oxygen atoms in total. The van der Waals surface area contributed by atoms with Crippen molar-refractivity contribution < 1.29 is 19.1 Å². The minimum atomic E-state index is -0.890. The number of hydrogen-bond donors (Lipinski definition) is 2. The van der Waals surface area contributed by atoms with Gasteiger partial charge in [-0.1, -0.05) is 61.9 Å². The lowest BCUT2D eigenvalue weighted by Gasteiger charge is -2.44. The van der Waals surface area contributed by atoms with Crippen LogP contribution in [0.25, 0.3) is 0 Å². The van der Waals surface area contributed by atoms with Gasteiger partial charge in [0.15, 0.2) is 0 Å². The van der Waals surface area contributed by atoms with E-state index < -0.39 is 23.8 Å². The summed E-state index contributed by atoms with van der Waals surface area (Å²) in [7, 11) is 0. The summed E-state index contributed by atoms with van der Waals surface area (Å²) in [6, 6.07) is 13.7. The molecule has 2 aromatic carbocycles. The number of ether oxygens (including phenoxy) is 1. The minimum Gasteiger partial charge on any atom is -0.444 e. The molecule has 0 saturated heterocycles. The molecule has 0 heterocycles. The molecule has 39 heavy (non-hydrogen) atoms. The van der Waals surface area contributed by atoms with Gasteiger partial charge in [-0.25, -0.2) is 4.79 Å². The zero-order chi connectivity index (χ0) is 28.6. The second-order valence-corrected chi connectivity index (χ2v) is 11.6. The third kappa shape index (κ3) is 8.32. The molecule has 0 aliphatic heterocycles. The maximum Gasteiger partial charge on any atom is 0.408 e. The van der Waals surface area contributed by atoms with Gasteiger partial charge in [-0.2, -0.15) is 0 Å². The molecule has 1 aliphatic carbocycles. The predicted molar refractivity (Wildman–Crippen MR) is 154 cm³/mol. The molecule has 2 aromatic rings. The molecule has 0 radical (unpaired) electrons. The summed E-state index contributed by atoms with van der Waals surface area (Å²) >= 11 is 0. The SMILES string of the molecule is CCCCNC(=O)C(c1cccc(C)c1C)N(C(=O)C(Cc1ccccc1)NC(=O)OC(C)(C)C)C1CCC1. The van der Waals surface area contributed by atoms with Gasteiger partial charge >= 0.3 is 6.09 Å². The average Bonchev–Trinajstić information content (AvgIpc) is 2.84. The number of carbonyl (C=O) groups excluding carboxylic acids is 3. The van der Waals surface area contributed by atoms with E-state index in [1.807, 2.05) is 62.4 Å². The van der Waals surface area contributed by atoms with Gasteiger partial charge in [-0.3, -0.25) is 9.59 Å². The fraction of sp³-hybridized carbons (Fsp3) is 0.531. The van der Waals surface area contributed by atoms with E-state index in [1.165, 1.54) is 0 Å². The number of hydrogen-bond acceptors (Lipinski definition) is 4. The molecule has 2 unspecified atom stereocenters. The number of amides is 3. The topological polar surface area (TPSA) is 87.7 Å². The van der Waals surface area contributed by atoms with Crippen molar-refractivity contribution in [2.24, 2.45) is 0 Å². The standard InChI is InChI=1S/C32H45N3O4/c1-7-8-20-33-29(36)28(26-19-12-14-22(2)23(26)3)35(25-17-13-18-25)30(37)27(21-24-15-10-9-11-16-24)34-31(38)39-32(4,5)6/h9-12,14-16,19,25,27-28H,7-8,13,17-18,20-21H2,1-6H3,(H,33,36)(H,34,38). The first kappa shape index (κ1) is 30.2. The van der Waals surface area contributed by atoms with Crippen molar-refractivity contribution in [3.63, 3.8) is 0 Å². The Balaban J connectivity index is 2.04. The Bertz CT molecular complexity index is 1120. The predicted octanol–water partition coefficient (Wildman–Crippen LogP) is 5.78. The number of aryl methyl sites for hydroxylation is 1. The van der Waals surface area contributed by atoms with Gasteiger partial charge in [-0.15, -0.1) is 0 Å². The summed E-state index contributed by atoms with van der Waals surface area (Å²) in [5, 5.41) is 5.93. The number of benzene rings is 2. The maximum atomic E-state index is 14.5. The first-order valence-corrected chi connectivity index (χ1v) is 14.2. The molecule has 2 N–H and O–H groups in total. The Labute approximate surface area is 233 Å². The molecular weight excluding hydrogens is 490 g/mol. The van der Waals surface area contributed by atoms with Crippen molar-refractivity contribution >= 4 is 17.9 Å². The molecule has 212 valence electrons. The molecule has 3 rings (SSSR count). The number of nitrogens with one attached hydrogen (secondary N) is 2. The lowest BCUT2D eigenvalue weighted by molar-refractivity contribution is -0.147. The van der Waals surface area contributed by atoms with E-state index in [1.54, 1.807) is 25.7 Å². The van der Waals surface area contributed by atoms with Crippen molar-refractivity contribution in [3.8, 4) is 0 Å². The second-order valence-electron chi connectivity index (χ2n) is 11.6. The Morgan fingerprint density at radius 1 is 1.03 bits per heavy atom.